The molecular formula is C19H37NNaO4. The molecule has 25 heavy (non-hydrogen) atoms. The fraction of sp³-hybridized carbons (Fsp3) is 0.895. The van der Waals surface area contributed by atoms with Gasteiger partial charge in [-0.25, -0.2) is 4.79 Å². The summed E-state index contributed by atoms with van der Waals surface area (Å²) in [6.07, 6.45) is 16.6. The van der Waals surface area contributed by atoms with E-state index in [4.69, 9.17) is 10.2 Å². The zero-order valence-corrected chi connectivity index (χ0v) is 18.4. The van der Waals surface area contributed by atoms with Crippen LogP contribution < -0.4 is 5.32 Å². The summed E-state index contributed by atoms with van der Waals surface area (Å²) in [5.74, 6) is -1.49. The van der Waals surface area contributed by atoms with Crippen molar-refractivity contribution in [2.24, 2.45) is 0 Å². The van der Waals surface area contributed by atoms with E-state index in [2.05, 4.69) is 12.2 Å². The number of carbonyl (C=O) groups excluding carboxylic acids is 1. The number of nitrogens with one attached hydrogen (secondary N) is 1. The molecule has 5 nitrogen and oxygen atoms in total. The Hall–Kier alpha value is -0.100. The Morgan fingerprint density at radius 2 is 1.20 bits per heavy atom. The van der Waals surface area contributed by atoms with E-state index in [1.165, 1.54) is 64.2 Å². The van der Waals surface area contributed by atoms with Gasteiger partial charge >= 0.3 is 5.97 Å². The van der Waals surface area contributed by atoms with Gasteiger partial charge in [0.05, 0.1) is 6.61 Å². The predicted octanol–water partition coefficient (Wildman–Crippen LogP) is 3.65. The van der Waals surface area contributed by atoms with Crippen molar-refractivity contribution in [1.82, 2.24) is 5.32 Å². The molecule has 0 fully saturated rings. The molecule has 0 aromatic carbocycles. The Balaban J connectivity index is 0. The minimum absolute atomic E-state index is 0. The van der Waals surface area contributed by atoms with Crippen LogP contribution in [0.4, 0.5) is 0 Å². The summed E-state index contributed by atoms with van der Waals surface area (Å²) in [4.78, 5) is 22.2. The van der Waals surface area contributed by atoms with Gasteiger partial charge in [-0.2, -0.15) is 0 Å². The van der Waals surface area contributed by atoms with Gasteiger partial charge in [-0.05, 0) is 6.42 Å². The summed E-state index contributed by atoms with van der Waals surface area (Å²) in [5, 5.41) is 19.9. The van der Waals surface area contributed by atoms with Crippen LogP contribution in [0.2, 0.25) is 0 Å². The van der Waals surface area contributed by atoms with Gasteiger partial charge in [-0.1, -0.05) is 84.0 Å². The minimum Gasteiger partial charge on any atom is -0.480 e. The molecule has 0 aromatic rings. The van der Waals surface area contributed by atoms with E-state index in [1.807, 2.05) is 0 Å². The van der Waals surface area contributed by atoms with Crippen LogP contribution >= 0.6 is 0 Å². The number of amides is 1. The molecule has 0 rings (SSSR count). The van der Waals surface area contributed by atoms with Gasteiger partial charge in [0.15, 0.2) is 0 Å². The maximum Gasteiger partial charge on any atom is 0.328 e. The number of carboxylic acid groups (broad SMARTS) is 1. The minimum atomic E-state index is -1.20. The van der Waals surface area contributed by atoms with E-state index in [1.54, 1.807) is 0 Å². The summed E-state index contributed by atoms with van der Waals surface area (Å²) in [7, 11) is 0. The van der Waals surface area contributed by atoms with Crippen molar-refractivity contribution in [1.29, 1.82) is 0 Å². The number of aliphatic carboxylic acids is 1. The zero-order valence-electron chi connectivity index (χ0n) is 16.4. The number of unbranched alkanes of at least 4 members (excludes halogenated alkanes) is 12. The van der Waals surface area contributed by atoms with Gasteiger partial charge in [0.25, 0.3) is 0 Å². The first-order valence-corrected chi connectivity index (χ1v) is 9.74. The molecule has 0 saturated heterocycles. The van der Waals surface area contributed by atoms with Crippen molar-refractivity contribution in [3.63, 3.8) is 0 Å². The second kappa shape index (κ2) is 20.2. The number of rotatable bonds is 17. The molecule has 1 radical (unpaired) electrons. The first-order chi connectivity index (χ1) is 11.6. The summed E-state index contributed by atoms with van der Waals surface area (Å²) >= 11 is 0. The SMILES string of the molecule is CCCCCCCCCCCCCCCC(=O)N[C@@H](CO)C(=O)O.[Na]. The number of aliphatic hydroxyl groups is 1. The fourth-order valence-electron chi connectivity index (χ4n) is 2.76. The van der Waals surface area contributed by atoms with E-state index >= 15 is 0 Å². The number of carbonyl (C=O) groups is 2. The van der Waals surface area contributed by atoms with Crippen molar-refractivity contribution >= 4 is 41.4 Å². The Bertz CT molecular complexity index is 327. The van der Waals surface area contributed by atoms with Crippen LogP contribution in [0, 0.1) is 0 Å². The van der Waals surface area contributed by atoms with Crippen LogP contribution in [0.15, 0.2) is 0 Å². The molecule has 0 aromatic heterocycles. The molecule has 0 bridgehead atoms. The molecule has 0 aliphatic rings. The Kier molecular flexibility index (Phi) is 21.9. The molecule has 6 heteroatoms. The van der Waals surface area contributed by atoms with Crippen molar-refractivity contribution < 1.29 is 19.8 Å². The molecule has 0 aliphatic heterocycles. The predicted molar refractivity (Wildman–Crippen MR) is 103 cm³/mol. The van der Waals surface area contributed by atoms with Crippen LogP contribution in [0.5, 0.6) is 0 Å². The monoisotopic (exact) mass is 366 g/mol. The molecule has 0 heterocycles. The number of aliphatic hydroxyl groups excluding tert-OH is 1. The molecule has 1 amide bonds. The molecule has 0 saturated carbocycles. The van der Waals surface area contributed by atoms with E-state index in [9.17, 15) is 9.59 Å². The van der Waals surface area contributed by atoms with Gasteiger partial charge in [-0.15, -0.1) is 0 Å². The average Bonchev–Trinajstić information content (AvgIpc) is 2.56. The van der Waals surface area contributed by atoms with Gasteiger partial charge < -0.3 is 15.5 Å². The van der Waals surface area contributed by atoms with Crippen LogP contribution in [0.25, 0.3) is 0 Å². The maximum absolute atomic E-state index is 11.5. The van der Waals surface area contributed by atoms with Crippen molar-refractivity contribution in [2.75, 3.05) is 6.61 Å². The first-order valence-electron chi connectivity index (χ1n) is 9.74. The average molecular weight is 366 g/mol. The standard InChI is InChI=1S/C19H37NO4.Na/c1-2-3-4-5-6-7-8-9-10-11-12-13-14-15-18(22)20-17(16-21)19(23)24;/h17,21H,2-16H2,1H3,(H,20,22)(H,23,24);/t17-;/m0./s1. The van der Waals surface area contributed by atoms with Gasteiger partial charge in [0.1, 0.15) is 6.04 Å². The van der Waals surface area contributed by atoms with Crippen LogP contribution in [-0.2, 0) is 9.59 Å². The molecule has 0 aliphatic carbocycles. The zero-order chi connectivity index (χ0) is 18.0. The molecule has 0 unspecified atom stereocenters. The summed E-state index contributed by atoms with van der Waals surface area (Å²) < 4.78 is 0. The van der Waals surface area contributed by atoms with Gasteiger partial charge in [0.2, 0.25) is 5.91 Å². The summed E-state index contributed by atoms with van der Waals surface area (Å²) in [6.45, 7) is 1.67. The Morgan fingerprint density at radius 3 is 1.56 bits per heavy atom. The van der Waals surface area contributed by atoms with Crippen molar-refractivity contribution in [2.45, 2.75) is 103 Å². The van der Waals surface area contributed by atoms with E-state index in [0.717, 1.165) is 19.3 Å². The van der Waals surface area contributed by atoms with Gasteiger partial charge in [0, 0.05) is 36.0 Å². The Labute approximate surface area is 175 Å². The largest absolute Gasteiger partial charge is 0.480 e. The molecule has 3 N–H and O–H groups in total. The smallest absolute Gasteiger partial charge is 0.328 e. The van der Waals surface area contributed by atoms with E-state index < -0.39 is 18.6 Å². The molecule has 1 atom stereocenters. The van der Waals surface area contributed by atoms with Gasteiger partial charge in [-0.3, -0.25) is 4.79 Å². The second-order valence-corrected chi connectivity index (χ2v) is 6.63. The van der Waals surface area contributed by atoms with Crippen LogP contribution in [0.1, 0.15) is 96.8 Å². The third-order valence-electron chi connectivity index (χ3n) is 4.32. The summed E-state index contributed by atoms with van der Waals surface area (Å²) in [5.41, 5.74) is 0. The number of hydrogen-bond acceptors (Lipinski definition) is 3. The number of hydrogen-bond donors (Lipinski definition) is 3. The fourth-order valence-corrected chi connectivity index (χ4v) is 2.76. The number of carboxylic acids is 1. The quantitative estimate of drug-likeness (QED) is 0.271. The third kappa shape index (κ3) is 18.5. The molecule has 0 spiro atoms. The second-order valence-electron chi connectivity index (χ2n) is 6.63. The third-order valence-corrected chi connectivity index (χ3v) is 4.32. The van der Waals surface area contributed by atoms with Crippen molar-refractivity contribution in [3.8, 4) is 0 Å². The van der Waals surface area contributed by atoms with Crippen LogP contribution in [-0.4, -0.2) is 64.3 Å². The molecule has 143 valence electrons. The van der Waals surface area contributed by atoms with E-state index in [-0.39, 0.29) is 35.5 Å². The normalized spacial score (nSPS) is 11.6. The maximum atomic E-state index is 11.5. The van der Waals surface area contributed by atoms with E-state index in [0.29, 0.717) is 6.42 Å². The summed E-state index contributed by atoms with van der Waals surface area (Å²) in [6, 6.07) is -1.18. The first kappa shape index (κ1) is 27.1. The van der Waals surface area contributed by atoms with Crippen LogP contribution in [0.3, 0.4) is 0 Å². The topological polar surface area (TPSA) is 86.6 Å². The Morgan fingerprint density at radius 1 is 0.800 bits per heavy atom. The molecular weight excluding hydrogens is 329 g/mol. The van der Waals surface area contributed by atoms with Crippen molar-refractivity contribution in [3.05, 3.63) is 0 Å².